The van der Waals surface area contributed by atoms with E-state index in [0.717, 1.165) is 0 Å². The lowest BCUT2D eigenvalue weighted by Crippen LogP contribution is -2.17. The standard InChI is InChI=1S/C10H11F3N2O2/c11-10(12,13)5-6-17-8-4-2-1-3-7(8)9(14)15-16/h1-4,16H,5-6H2,(H2,14,15). The SMILES string of the molecule is NC(=NO)c1ccccc1OCCC(F)(F)F. The molecule has 0 aliphatic rings. The van der Waals surface area contributed by atoms with Crippen LogP contribution in [-0.2, 0) is 0 Å². The Morgan fingerprint density at radius 3 is 2.59 bits per heavy atom. The van der Waals surface area contributed by atoms with Crippen molar-refractivity contribution in [2.24, 2.45) is 10.9 Å². The first kappa shape index (κ1) is 13.1. The Balaban J connectivity index is 2.71. The summed E-state index contributed by atoms with van der Waals surface area (Å²) in [5, 5.41) is 11.3. The topological polar surface area (TPSA) is 67.8 Å². The van der Waals surface area contributed by atoms with Gasteiger partial charge in [-0.05, 0) is 12.1 Å². The molecule has 94 valence electrons. The predicted octanol–water partition coefficient (Wildman–Crippen LogP) is 2.11. The first-order valence-electron chi connectivity index (χ1n) is 4.70. The second kappa shape index (κ2) is 5.42. The highest BCUT2D eigenvalue weighted by Crippen LogP contribution is 2.22. The number of oxime groups is 1. The number of alkyl halides is 3. The van der Waals surface area contributed by atoms with Gasteiger partial charge in [-0.3, -0.25) is 0 Å². The van der Waals surface area contributed by atoms with Gasteiger partial charge in [0.05, 0.1) is 18.6 Å². The Labute approximate surface area is 95.5 Å². The number of nitrogens with zero attached hydrogens (tertiary/aromatic N) is 1. The number of hydrogen-bond donors (Lipinski definition) is 2. The Hall–Kier alpha value is -1.92. The van der Waals surface area contributed by atoms with E-state index in [-0.39, 0.29) is 17.1 Å². The van der Waals surface area contributed by atoms with Crippen LogP contribution in [0.1, 0.15) is 12.0 Å². The van der Waals surface area contributed by atoms with Gasteiger partial charge in [0.1, 0.15) is 5.75 Å². The van der Waals surface area contributed by atoms with Crippen LogP contribution in [0.15, 0.2) is 29.4 Å². The van der Waals surface area contributed by atoms with Gasteiger partial charge in [0.15, 0.2) is 5.84 Å². The third-order valence-corrected chi connectivity index (χ3v) is 1.91. The maximum atomic E-state index is 11.9. The van der Waals surface area contributed by atoms with Crippen LogP contribution in [-0.4, -0.2) is 23.8 Å². The maximum Gasteiger partial charge on any atom is 0.392 e. The van der Waals surface area contributed by atoms with Gasteiger partial charge in [-0.1, -0.05) is 17.3 Å². The summed E-state index contributed by atoms with van der Waals surface area (Å²) < 4.78 is 40.7. The van der Waals surface area contributed by atoms with Crippen LogP contribution in [0.25, 0.3) is 0 Å². The third-order valence-electron chi connectivity index (χ3n) is 1.91. The number of hydrogen-bond acceptors (Lipinski definition) is 3. The molecule has 0 aliphatic heterocycles. The minimum absolute atomic E-state index is 0.145. The van der Waals surface area contributed by atoms with E-state index in [1.165, 1.54) is 12.1 Å². The summed E-state index contributed by atoms with van der Waals surface area (Å²) in [7, 11) is 0. The van der Waals surface area contributed by atoms with Gasteiger partial charge in [-0.2, -0.15) is 13.2 Å². The van der Waals surface area contributed by atoms with Crippen molar-refractivity contribution in [1.29, 1.82) is 0 Å². The van der Waals surface area contributed by atoms with Gasteiger partial charge in [0, 0.05) is 0 Å². The normalized spacial score (nSPS) is 12.5. The van der Waals surface area contributed by atoms with Crippen LogP contribution in [0.4, 0.5) is 13.2 Å². The smallest absolute Gasteiger partial charge is 0.392 e. The van der Waals surface area contributed by atoms with Crippen molar-refractivity contribution in [3.05, 3.63) is 29.8 Å². The Kier molecular flexibility index (Phi) is 4.19. The summed E-state index contributed by atoms with van der Waals surface area (Å²) in [6.07, 6.45) is -5.33. The van der Waals surface area contributed by atoms with Crippen molar-refractivity contribution in [3.8, 4) is 5.75 Å². The molecule has 0 saturated heterocycles. The molecule has 0 saturated carbocycles. The highest BCUT2D eigenvalue weighted by Gasteiger charge is 2.27. The number of para-hydroxylation sites is 1. The largest absolute Gasteiger partial charge is 0.492 e. The molecule has 4 nitrogen and oxygen atoms in total. The fourth-order valence-corrected chi connectivity index (χ4v) is 1.13. The molecule has 0 fully saturated rings. The average Bonchev–Trinajstić information content (AvgIpc) is 2.27. The van der Waals surface area contributed by atoms with Crippen LogP contribution in [0.2, 0.25) is 0 Å². The van der Waals surface area contributed by atoms with Crippen LogP contribution in [0.5, 0.6) is 5.75 Å². The molecule has 0 heterocycles. The molecule has 0 aliphatic carbocycles. The quantitative estimate of drug-likeness (QED) is 0.371. The Morgan fingerprint density at radius 2 is 2.00 bits per heavy atom. The zero-order chi connectivity index (χ0) is 12.9. The third kappa shape index (κ3) is 4.21. The molecule has 1 aromatic carbocycles. The average molecular weight is 248 g/mol. The minimum Gasteiger partial charge on any atom is -0.492 e. The predicted molar refractivity (Wildman–Crippen MR) is 55.1 cm³/mol. The number of rotatable bonds is 4. The fraction of sp³-hybridized carbons (Fsp3) is 0.300. The monoisotopic (exact) mass is 248 g/mol. The second-order valence-corrected chi connectivity index (χ2v) is 3.20. The van der Waals surface area contributed by atoms with Gasteiger partial charge in [-0.25, -0.2) is 0 Å². The second-order valence-electron chi connectivity index (χ2n) is 3.20. The molecule has 0 atom stereocenters. The summed E-state index contributed by atoms with van der Waals surface area (Å²) in [5.41, 5.74) is 5.60. The van der Waals surface area contributed by atoms with Crippen molar-refractivity contribution >= 4 is 5.84 Å². The summed E-state index contributed by atoms with van der Waals surface area (Å²) in [6, 6.07) is 6.11. The zero-order valence-electron chi connectivity index (χ0n) is 8.74. The first-order chi connectivity index (χ1) is 7.94. The molecule has 1 rings (SSSR count). The highest BCUT2D eigenvalue weighted by atomic mass is 19.4. The molecule has 1 aromatic rings. The summed E-state index contributed by atoms with van der Waals surface area (Å²) >= 11 is 0. The fourth-order valence-electron chi connectivity index (χ4n) is 1.13. The number of nitrogens with two attached hydrogens (primary N) is 1. The molecule has 3 N–H and O–H groups in total. The lowest BCUT2D eigenvalue weighted by Gasteiger charge is -2.11. The number of benzene rings is 1. The van der Waals surface area contributed by atoms with E-state index in [1.807, 2.05) is 0 Å². The molecule has 0 bridgehead atoms. The molecular formula is C10H11F3N2O2. The van der Waals surface area contributed by atoms with Gasteiger partial charge in [-0.15, -0.1) is 0 Å². The number of halogens is 3. The summed E-state index contributed by atoms with van der Waals surface area (Å²) in [6.45, 7) is -0.515. The van der Waals surface area contributed by atoms with Gasteiger partial charge in [0.25, 0.3) is 0 Å². The van der Waals surface area contributed by atoms with Gasteiger partial charge in [0.2, 0.25) is 0 Å². The molecule has 0 aromatic heterocycles. The lowest BCUT2D eigenvalue weighted by molar-refractivity contribution is -0.139. The first-order valence-corrected chi connectivity index (χ1v) is 4.70. The van der Waals surface area contributed by atoms with Gasteiger partial charge < -0.3 is 15.7 Å². The van der Waals surface area contributed by atoms with E-state index >= 15 is 0 Å². The summed E-state index contributed by atoms with van der Waals surface area (Å²) in [4.78, 5) is 0. The maximum absolute atomic E-state index is 11.9. The molecule has 0 radical (unpaired) electrons. The number of ether oxygens (including phenoxy) is 1. The minimum atomic E-state index is -4.27. The molecule has 0 spiro atoms. The van der Waals surface area contributed by atoms with Crippen LogP contribution >= 0.6 is 0 Å². The van der Waals surface area contributed by atoms with E-state index in [4.69, 9.17) is 15.7 Å². The molecule has 0 unspecified atom stereocenters. The van der Waals surface area contributed by atoms with Crippen molar-refractivity contribution in [2.45, 2.75) is 12.6 Å². The van der Waals surface area contributed by atoms with E-state index in [1.54, 1.807) is 12.1 Å². The Bertz CT molecular complexity index is 405. The summed E-state index contributed by atoms with van der Waals surface area (Å²) in [5.74, 6) is -0.0698. The van der Waals surface area contributed by atoms with E-state index in [9.17, 15) is 13.2 Å². The van der Waals surface area contributed by atoms with Crippen molar-refractivity contribution in [3.63, 3.8) is 0 Å². The van der Waals surface area contributed by atoms with E-state index in [2.05, 4.69) is 5.16 Å². The molecule has 7 heteroatoms. The van der Waals surface area contributed by atoms with Crippen LogP contribution in [0, 0.1) is 0 Å². The number of amidine groups is 1. The van der Waals surface area contributed by atoms with Crippen molar-refractivity contribution in [1.82, 2.24) is 0 Å². The molecule has 0 amide bonds. The molecule has 17 heavy (non-hydrogen) atoms. The Morgan fingerprint density at radius 1 is 1.35 bits per heavy atom. The molecular weight excluding hydrogens is 237 g/mol. The highest BCUT2D eigenvalue weighted by molar-refractivity contribution is 5.99. The van der Waals surface area contributed by atoms with Crippen LogP contribution in [0.3, 0.4) is 0 Å². The van der Waals surface area contributed by atoms with Crippen molar-refractivity contribution in [2.75, 3.05) is 6.61 Å². The lowest BCUT2D eigenvalue weighted by atomic mass is 10.2. The van der Waals surface area contributed by atoms with Crippen LogP contribution < -0.4 is 10.5 Å². The van der Waals surface area contributed by atoms with E-state index < -0.39 is 19.2 Å². The van der Waals surface area contributed by atoms with Gasteiger partial charge >= 0.3 is 6.18 Å². The van der Waals surface area contributed by atoms with E-state index in [0.29, 0.717) is 0 Å². The van der Waals surface area contributed by atoms with Crippen molar-refractivity contribution < 1.29 is 23.1 Å². The zero-order valence-corrected chi connectivity index (χ0v) is 8.74.